The zero-order valence-corrected chi connectivity index (χ0v) is 19.9. The zero-order valence-electron chi connectivity index (χ0n) is 19.1. The van der Waals surface area contributed by atoms with Gasteiger partial charge in [-0.25, -0.2) is 4.99 Å². The number of non-ortho nitro benzene ring substituents is 1. The Hall–Kier alpha value is -4.63. The number of rotatable bonds is 5. The van der Waals surface area contributed by atoms with E-state index in [1.165, 1.54) is 23.5 Å². The van der Waals surface area contributed by atoms with Crippen molar-refractivity contribution >= 4 is 34.7 Å². The molecule has 0 saturated heterocycles. The number of fused-ring (bicyclic) bond motifs is 1. The summed E-state index contributed by atoms with van der Waals surface area (Å²) in [5.41, 5.74) is 2.68. The van der Waals surface area contributed by atoms with E-state index in [0.717, 1.165) is 5.56 Å². The predicted molar refractivity (Wildman–Crippen MR) is 138 cm³/mol. The number of thiazole rings is 1. The molecule has 0 bridgehead atoms. The molecule has 0 unspecified atom stereocenters. The van der Waals surface area contributed by atoms with Crippen molar-refractivity contribution in [2.45, 2.75) is 13.0 Å². The SMILES string of the molecule is CC1=C(C(=O)Nc2ccccc2)[C@H](c2ccccc2)n2c(s/c(=C\c3ccc([N+](=O)[O-])cc3)c2=O)=N1. The summed E-state index contributed by atoms with van der Waals surface area (Å²) in [6.07, 6.45) is 1.68. The summed E-state index contributed by atoms with van der Waals surface area (Å²) in [5.74, 6) is -0.332. The summed E-state index contributed by atoms with van der Waals surface area (Å²) >= 11 is 1.22. The topological polar surface area (TPSA) is 107 Å². The Morgan fingerprint density at radius 3 is 2.31 bits per heavy atom. The molecule has 1 aliphatic heterocycles. The molecule has 1 atom stereocenters. The van der Waals surface area contributed by atoms with Crippen LogP contribution in [-0.2, 0) is 4.79 Å². The van der Waals surface area contributed by atoms with Crippen molar-refractivity contribution in [2.75, 3.05) is 5.32 Å². The van der Waals surface area contributed by atoms with Crippen LogP contribution in [0, 0.1) is 10.1 Å². The molecule has 5 rings (SSSR count). The van der Waals surface area contributed by atoms with E-state index in [9.17, 15) is 19.7 Å². The van der Waals surface area contributed by atoms with Crippen LogP contribution in [0.5, 0.6) is 0 Å². The number of hydrogen-bond acceptors (Lipinski definition) is 6. The van der Waals surface area contributed by atoms with Gasteiger partial charge in [-0.2, -0.15) is 0 Å². The average Bonchev–Trinajstić information content (AvgIpc) is 3.18. The third-order valence-electron chi connectivity index (χ3n) is 5.81. The molecule has 178 valence electrons. The quantitative estimate of drug-likeness (QED) is 0.335. The van der Waals surface area contributed by atoms with Gasteiger partial charge in [0.2, 0.25) is 0 Å². The van der Waals surface area contributed by atoms with Gasteiger partial charge in [-0.1, -0.05) is 59.9 Å². The number of nitro benzene ring substituents is 1. The fourth-order valence-electron chi connectivity index (χ4n) is 4.13. The number of nitrogens with zero attached hydrogens (tertiary/aromatic N) is 3. The summed E-state index contributed by atoms with van der Waals surface area (Å²) in [4.78, 5) is 42.7. The Bertz CT molecular complexity index is 1670. The molecule has 2 heterocycles. The summed E-state index contributed by atoms with van der Waals surface area (Å²) in [6.45, 7) is 1.77. The predicted octanol–water partition coefficient (Wildman–Crippen LogP) is 3.78. The molecule has 4 aromatic rings. The van der Waals surface area contributed by atoms with Crippen LogP contribution in [0.25, 0.3) is 6.08 Å². The first-order chi connectivity index (χ1) is 17.4. The number of hydrogen-bond donors (Lipinski definition) is 1. The number of amides is 1. The third kappa shape index (κ3) is 4.39. The van der Waals surface area contributed by atoms with Gasteiger partial charge in [0.1, 0.15) is 0 Å². The minimum atomic E-state index is -0.662. The molecular weight excluding hydrogens is 476 g/mol. The van der Waals surface area contributed by atoms with Crippen LogP contribution in [0.2, 0.25) is 0 Å². The highest BCUT2D eigenvalue weighted by atomic mass is 32.1. The summed E-state index contributed by atoms with van der Waals surface area (Å²) < 4.78 is 1.96. The Morgan fingerprint density at radius 2 is 1.67 bits per heavy atom. The molecule has 1 amide bonds. The highest BCUT2D eigenvalue weighted by Gasteiger charge is 2.32. The van der Waals surface area contributed by atoms with E-state index in [1.54, 1.807) is 41.8 Å². The first kappa shape index (κ1) is 23.1. The highest BCUT2D eigenvalue weighted by Crippen LogP contribution is 2.30. The standard InChI is InChI=1S/C27H20N4O4S/c1-17-23(25(32)29-20-10-6-3-7-11-20)24(19-8-4-2-5-9-19)30-26(33)22(36-27(30)28-17)16-18-12-14-21(15-13-18)31(34)35/h2-16,24H,1H3,(H,29,32)/b22-16-/t24-/m0/s1. The number of nitrogens with one attached hydrogen (secondary N) is 1. The lowest BCUT2D eigenvalue weighted by atomic mass is 9.95. The Labute approximate surface area is 209 Å². The van der Waals surface area contributed by atoms with E-state index < -0.39 is 11.0 Å². The monoisotopic (exact) mass is 496 g/mol. The van der Waals surface area contributed by atoms with Crippen LogP contribution in [0.1, 0.15) is 24.1 Å². The lowest BCUT2D eigenvalue weighted by Crippen LogP contribution is -2.40. The van der Waals surface area contributed by atoms with E-state index in [4.69, 9.17) is 0 Å². The fraction of sp³-hybridized carbons (Fsp3) is 0.0741. The molecule has 3 aromatic carbocycles. The molecule has 9 heteroatoms. The maximum Gasteiger partial charge on any atom is 0.271 e. The Morgan fingerprint density at radius 1 is 1.03 bits per heavy atom. The molecule has 1 N–H and O–H groups in total. The zero-order chi connectivity index (χ0) is 25.2. The number of anilines is 1. The second-order valence-corrected chi connectivity index (χ2v) is 9.17. The molecule has 0 aliphatic carbocycles. The van der Waals surface area contributed by atoms with Gasteiger partial charge >= 0.3 is 0 Å². The number of benzene rings is 3. The molecule has 0 spiro atoms. The van der Waals surface area contributed by atoms with Gasteiger partial charge in [0.25, 0.3) is 17.2 Å². The van der Waals surface area contributed by atoms with E-state index in [0.29, 0.717) is 31.9 Å². The van der Waals surface area contributed by atoms with Crippen LogP contribution < -0.4 is 20.2 Å². The molecule has 0 fully saturated rings. The molecule has 1 aliphatic rings. The number of nitro groups is 1. The van der Waals surface area contributed by atoms with E-state index >= 15 is 0 Å². The number of carbonyl (C=O) groups is 1. The number of carbonyl (C=O) groups excluding carboxylic acids is 1. The van der Waals surface area contributed by atoms with Gasteiger partial charge < -0.3 is 5.32 Å². The van der Waals surface area contributed by atoms with Crippen molar-refractivity contribution in [3.05, 3.63) is 137 Å². The minimum Gasteiger partial charge on any atom is -0.322 e. The van der Waals surface area contributed by atoms with E-state index in [1.807, 2.05) is 48.5 Å². The lowest BCUT2D eigenvalue weighted by molar-refractivity contribution is -0.384. The summed E-state index contributed by atoms with van der Waals surface area (Å²) in [6, 6.07) is 23.8. The summed E-state index contributed by atoms with van der Waals surface area (Å²) in [7, 11) is 0. The second-order valence-electron chi connectivity index (χ2n) is 8.16. The van der Waals surface area contributed by atoms with Crippen LogP contribution >= 0.6 is 11.3 Å². The minimum absolute atomic E-state index is 0.0256. The van der Waals surface area contributed by atoms with E-state index in [2.05, 4.69) is 10.3 Å². The maximum absolute atomic E-state index is 13.6. The molecule has 8 nitrogen and oxygen atoms in total. The van der Waals surface area contributed by atoms with Crippen molar-refractivity contribution in [1.82, 2.24) is 4.57 Å². The van der Waals surface area contributed by atoms with Crippen LogP contribution in [0.3, 0.4) is 0 Å². The van der Waals surface area contributed by atoms with Crippen molar-refractivity contribution in [3.63, 3.8) is 0 Å². The Balaban J connectivity index is 1.63. The lowest BCUT2D eigenvalue weighted by Gasteiger charge is -2.25. The van der Waals surface area contributed by atoms with Gasteiger partial charge in [-0.3, -0.25) is 24.3 Å². The molecule has 36 heavy (non-hydrogen) atoms. The summed E-state index contributed by atoms with van der Waals surface area (Å²) in [5, 5.41) is 13.9. The van der Waals surface area contributed by atoms with Crippen molar-refractivity contribution < 1.29 is 9.72 Å². The van der Waals surface area contributed by atoms with Crippen molar-refractivity contribution in [3.8, 4) is 0 Å². The van der Waals surface area contributed by atoms with E-state index in [-0.39, 0.29) is 17.2 Å². The molecular formula is C27H20N4O4S. The van der Waals surface area contributed by atoms with Gasteiger partial charge in [-0.15, -0.1) is 0 Å². The second kappa shape index (κ2) is 9.55. The first-order valence-electron chi connectivity index (χ1n) is 11.1. The molecule has 0 saturated carbocycles. The molecule has 0 radical (unpaired) electrons. The van der Waals surface area contributed by atoms with Crippen LogP contribution in [-0.4, -0.2) is 15.4 Å². The smallest absolute Gasteiger partial charge is 0.271 e. The largest absolute Gasteiger partial charge is 0.322 e. The highest BCUT2D eigenvalue weighted by molar-refractivity contribution is 7.07. The Kier molecular flexibility index (Phi) is 6.14. The number of allylic oxidation sites excluding steroid dienone is 1. The van der Waals surface area contributed by atoms with Crippen molar-refractivity contribution in [2.24, 2.45) is 4.99 Å². The average molecular weight is 497 g/mol. The normalized spacial score (nSPS) is 15.2. The van der Waals surface area contributed by atoms with Gasteiger partial charge in [0.05, 0.1) is 26.8 Å². The third-order valence-corrected chi connectivity index (χ3v) is 6.80. The fourth-order valence-corrected chi connectivity index (χ4v) is 5.17. The van der Waals surface area contributed by atoms with Gasteiger partial charge in [0.15, 0.2) is 4.80 Å². The molecule has 1 aromatic heterocycles. The number of aromatic nitrogens is 1. The first-order valence-corrected chi connectivity index (χ1v) is 11.9. The van der Waals surface area contributed by atoms with Crippen LogP contribution in [0.15, 0.2) is 106 Å². The van der Waals surface area contributed by atoms with Crippen LogP contribution in [0.4, 0.5) is 11.4 Å². The maximum atomic E-state index is 13.6. The van der Waals surface area contributed by atoms with Gasteiger partial charge in [0, 0.05) is 17.8 Å². The van der Waals surface area contributed by atoms with Crippen molar-refractivity contribution in [1.29, 1.82) is 0 Å². The number of para-hydroxylation sites is 1. The van der Waals surface area contributed by atoms with Gasteiger partial charge in [-0.05, 0) is 48.4 Å².